The Balaban J connectivity index is 2.09. The molecule has 0 unspecified atom stereocenters. The summed E-state index contributed by atoms with van der Waals surface area (Å²) in [4.78, 5) is 11.8. The molecule has 16 heavy (non-hydrogen) atoms. The summed E-state index contributed by atoms with van der Waals surface area (Å²) in [5, 5.41) is 2.80. The Hall–Kier alpha value is -1.09. The molecule has 2 rings (SSSR count). The minimum Gasteiger partial charge on any atom is -0.347 e. The predicted octanol–water partition coefficient (Wildman–Crippen LogP) is 2.81. The summed E-state index contributed by atoms with van der Waals surface area (Å²) in [5.74, 6) is -0.0321. The number of hydrogen-bond acceptors (Lipinski definition) is 1. The van der Waals surface area contributed by atoms with Crippen molar-refractivity contribution in [2.24, 2.45) is 0 Å². The number of nitrogens with one attached hydrogen (secondary N) is 1. The molecule has 0 bridgehead atoms. The van der Waals surface area contributed by atoms with Crippen LogP contribution in [0, 0.1) is 0 Å². The number of amides is 1. The smallest absolute Gasteiger partial charge is 0.251 e. The number of carbonyl (C=O) groups excluding carboxylic acids is 1. The van der Waals surface area contributed by atoms with Crippen molar-refractivity contribution < 1.29 is 4.79 Å². The van der Waals surface area contributed by atoms with Gasteiger partial charge in [-0.2, -0.15) is 0 Å². The van der Waals surface area contributed by atoms with Crippen molar-refractivity contribution in [3.05, 3.63) is 46.0 Å². The minimum absolute atomic E-state index is 0.0321. The molecule has 0 aromatic heterocycles. The van der Waals surface area contributed by atoms with Crippen molar-refractivity contribution in [1.29, 1.82) is 0 Å². The van der Waals surface area contributed by atoms with Gasteiger partial charge >= 0.3 is 0 Å². The van der Waals surface area contributed by atoms with Gasteiger partial charge in [-0.3, -0.25) is 4.79 Å². The molecule has 0 spiro atoms. The zero-order chi connectivity index (χ0) is 11.5. The fraction of sp³-hybridized carbons (Fsp3) is 0.308. The normalized spacial score (nSPS) is 13.3. The lowest BCUT2D eigenvalue weighted by molar-refractivity contribution is 0.0957. The Morgan fingerprint density at radius 2 is 2.12 bits per heavy atom. The molecule has 1 aromatic rings. The molecule has 0 radical (unpaired) electrons. The van der Waals surface area contributed by atoms with Crippen molar-refractivity contribution >= 4 is 21.8 Å². The van der Waals surface area contributed by atoms with Crippen molar-refractivity contribution in [2.75, 3.05) is 6.54 Å². The molecule has 1 aliphatic rings. The van der Waals surface area contributed by atoms with Crippen LogP contribution >= 0.6 is 15.9 Å². The molecule has 1 amide bonds. The summed E-state index contributed by atoms with van der Waals surface area (Å²) in [7, 11) is 0. The van der Waals surface area contributed by atoms with Gasteiger partial charge in [-0.1, -0.05) is 28.6 Å². The van der Waals surface area contributed by atoms with Gasteiger partial charge in [0.25, 0.3) is 5.91 Å². The fourth-order valence-corrected chi connectivity index (χ4v) is 2.13. The van der Waals surface area contributed by atoms with Crippen LogP contribution in [-0.2, 0) is 12.8 Å². The number of aryl methyl sites for hydroxylation is 2. The van der Waals surface area contributed by atoms with Gasteiger partial charge in [0.05, 0.1) is 0 Å². The molecule has 84 valence electrons. The third-order valence-corrected chi connectivity index (χ3v) is 3.08. The number of benzene rings is 1. The lowest BCUT2D eigenvalue weighted by Gasteiger charge is -2.06. The van der Waals surface area contributed by atoms with E-state index in [0.717, 1.165) is 22.9 Å². The lowest BCUT2D eigenvalue weighted by Crippen LogP contribution is -2.24. The fourth-order valence-electron chi connectivity index (χ4n) is 1.99. The van der Waals surface area contributed by atoms with E-state index in [2.05, 4.69) is 33.9 Å². The van der Waals surface area contributed by atoms with Crippen molar-refractivity contribution in [3.63, 3.8) is 0 Å². The van der Waals surface area contributed by atoms with Crippen LogP contribution in [0.2, 0.25) is 0 Å². The zero-order valence-corrected chi connectivity index (χ0v) is 10.6. The average Bonchev–Trinajstić information content (AvgIpc) is 2.72. The first-order valence-corrected chi connectivity index (χ1v) is 6.19. The van der Waals surface area contributed by atoms with Crippen LogP contribution in [0.25, 0.3) is 0 Å². The standard InChI is InChI=1S/C13H14BrNO/c1-9(14)8-15-13(16)12-6-5-10-3-2-4-11(10)7-12/h5-7H,1-4,8H2,(H,15,16). The van der Waals surface area contributed by atoms with Crippen molar-refractivity contribution in [3.8, 4) is 0 Å². The van der Waals surface area contributed by atoms with Crippen LogP contribution < -0.4 is 5.32 Å². The number of halogens is 1. The molecule has 1 N–H and O–H groups in total. The predicted molar refractivity (Wildman–Crippen MR) is 68.9 cm³/mol. The Bertz CT molecular complexity index is 440. The monoisotopic (exact) mass is 279 g/mol. The zero-order valence-electron chi connectivity index (χ0n) is 9.05. The highest BCUT2D eigenvalue weighted by Crippen LogP contribution is 2.22. The number of rotatable bonds is 3. The second-order valence-electron chi connectivity index (χ2n) is 4.04. The van der Waals surface area contributed by atoms with Gasteiger partial charge in [0.15, 0.2) is 0 Å². The largest absolute Gasteiger partial charge is 0.347 e. The van der Waals surface area contributed by atoms with E-state index < -0.39 is 0 Å². The van der Waals surface area contributed by atoms with Gasteiger partial charge in [-0.25, -0.2) is 0 Å². The SMILES string of the molecule is C=C(Br)CNC(=O)c1ccc2c(c1)CCC2. The highest BCUT2D eigenvalue weighted by Gasteiger charge is 2.13. The molecule has 2 nitrogen and oxygen atoms in total. The molecule has 0 saturated carbocycles. The second-order valence-corrected chi connectivity index (χ2v) is 5.16. The van der Waals surface area contributed by atoms with Crippen LogP contribution in [0.4, 0.5) is 0 Å². The van der Waals surface area contributed by atoms with Gasteiger partial charge in [0, 0.05) is 16.6 Å². The van der Waals surface area contributed by atoms with E-state index in [-0.39, 0.29) is 5.91 Å². The Morgan fingerprint density at radius 1 is 1.38 bits per heavy atom. The maximum Gasteiger partial charge on any atom is 0.251 e. The van der Waals surface area contributed by atoms with E-state index in [1.807, 2.05) is 12.1 Å². The topological polar surface area (TPSA) is 29.1 Å². The summed E-state index contributed by atoms with van der Waals surface area (Å²) in [6.07, 6.45) is 3.45. The maximum absolute atomic E-state index is 11.8. The van der Waals surface area contributed by atoms with Gasteiger partial charge in [0.1, 0.15) is 0 Å². The van der Waals surface area contributed by atoms with Crippen molar-refractivity contribution in [2.45, 2.75) is 19.3 Å². The molecule has 0 aliphatic heterocycles. The number of fused-ring (bicyclic) bond motifs is 1. The van der Waals surface area contributed by atoms with Crippen molar-refractivity contribution in [1.82, 2.24) is 5.32 Å². The summed E-state index contributed by atoms with van der Waals surface area (Å²) < 4.78 is 0.780. The molecule has 0 saturated heterocycles. The van der Waals surface area contributed by atoms with E-state index in [1.54, 1.807) is 0 Å². The first-order valence-electron chi connectivity index (χ1n) is 5.40. The van der Waals surface area contributed by atoms with E-state index in [4.69, 9.17) is 0 Å². The second kappa shape index (κ2) is 4.83. The molecule has 1 aromatic carbocycles. The molecular weight excluding hydrogens is 266 g/mol. The lowest BCUT2D eigenvalue weighted by atomic mass is 10.1. The Morgan fingerprint density at radius 3 is 2.88 bits per heavy atom. The molecular formula is C13H14BrNO. The first-order chi connectivity index (χ1) is 7.66. The van der Waals surface area contributed by atoms with Crippen LogP contribution in [-0.4, -0.2) is 12.5 Å². The molecule has 3 heteroatoms. The van der Waals surface area contributed by atoms with Gasteiger partial charge in [-0.05, 0) is 42.5 Å². The van der Waals surface area contributed by atoms with Crippen LogP contribution in [0.5, 0.6) is 0 Å². The maximum atomic E-state index is 11.8. The summed E-state index contributed by atoms with van der Waals surface area (Å²) in [6, 6.07) is 5.98. The molecule has 0 heterocycles. The Kier molecular flexibility index (Phi) is 3.44. The molecule has 0 fully saturated rings. The summed E-state index contributed by atoms with van der Waals surface area (Å²) in [6.45, 7) is 4.15. The first kappa shape index (κ1) is 11.4. The number of hydrogen-bond donors (Lipinski definition) is 1. The third kappa shape index (κ3) is 2.53. The van der Waals surface area contributed by atoms with Gasteiger partial charge in [-0.15, -0.1) is 0 Å². The Labute approximate surface area is 104 Å². The van der Waals surface area contributed by atoms with E-state index in [0.29, 0.717) is 6.54 Å². The quantitative estimate of drug-likeness (QED) is 0.906. The van der Waals surface area contributed by atoms with Crippen LogP contribution in [0.15, 0.2) is 29.3 Å². The van der Waals surface area contributed by atoms with E-state index in [1.165, 1.54) is 17.5 Å². The minimum atomic E-state index is -0.0321. The highest BCUT2D eigenvalue weighted by molar-refractivity contribution is 9.11. The van der Waals surface area contributed by atoms with Crippen LogP contribution in [0.1, 0.15) is 27.9 Å². The van der Waals surface area contributed by atoms with Gasteiger partial charge in [0.2, 0.25) is 0 Å². The third-order valence-electron chi connectivity index (χ3n) is 2.80. The van der Waals surface area contributed by atoms with E-state index >= 15 is 0 Å². The number of carbonyl (C=O) groups is 1. The highest BCUT2D eigenvalue weighted by atomic mass is 79.9. The van der Waals surface area contributed by atoms with Gasteiger partial charge < -0.3 is 5.32 Å². The molecule has 0 atom stereocenters. The van der Waals surface area contributed by atoms with E-state index in [9.17, 15) is 4.79 Å². The van der Waals surface area contributed by atoms with Crippen LogP contribution in [0.3, 0.4) is 0 Å². The summed E-state index contributed by atoms with van der Waals surface area (Å²) >= 11 is 3.22. The summed E-state index contributed by atoms with van der Waals surface area (Å²) in [5.41, 5.74) is 3.46. The molecule has 1 aliphatic carbocycles. The average molecular weight is 280 g/mol.